The minimum absolute atomic E-state index is 0.800. The minimum Gasteiger partial charge on any atom is -0.318 e. The maximum Gasteiger partial charge on any atom is 0.0238 e. The SMILES string of the molecule is CNCC1NC2CCC21. The van der Waals surface area contributed by atoms with Gasteiger partial charge in [-0.1, -0.05) is 0 Å². The first kappa shape index (κ1) is 5.69. The molecule has 0 aromatic carbocycles. The van der Waals surface area contributed by atoms with E-state index in [0.717, 1.165) is 24.5 Å². The van der Waals surface area contributed by atoms with Gasteiger partial charge in [-0.25, -0.2) is 0 Å². The van der Waals surface area contributed by atoms with Crippen molar-refractivity contribution in [1.82, 2.24) is 10.6 Å². The zero-order valence-corrected chi connectivity index (χ0v) is 5.85. The number of likely N-dealkylation sites (N-methyl/N-ethyl adjacent to an activating group) is 1. The van der Waals surface area contributed by atoms with Crippen molar-refractivity contribution in [1.29, 1.82) is 0 Å². The topological polar surface area (TPSA) is 24.1 Å². The summed E-state index contributed by atoms with van der Waals surface area (Å²) in [7, 11) is 2.02. The predicted octanol–water partition coefficient (Wildman–Crippen LogP) is -0.0438. The summed E-state index contributed by atoms with van der Waals surface area (Å²) < 4.78 is 0. The third-order valence-corrected chi connectivity index (χ3v) is 2.70. The molecule has 2 rings (SSSR count). The van der Waals surface area contributed by atoms with Crippen molar-refractivity contribution in [3.63, 3.8) is 0 Å². The molecule has 0 amide bonds. The van der Waals surface area contributed by atoms with Crippen molar-refractivity contribution in [2.75, 3.05) is 13.6 Å². The quantitative estimate of drug-likeness (QED) is 0.542. The monoisotopic (exact) mass is 126 g/mol. The molecule has 9 heavy (non-hydrogen) atoms. The molecule has 2 fully saturated rings. The van der Waals surface area contributed by atoms with Gasteiger partial charge in [0.25, 0.3) is 0 Å². The van der Waals surface area contributed by atoms with E-state index in [4.69, 9.17) is 0 Å². The molecule has 1 aliphatic carbocycles. The Kier molecular flexibility index (Phi) is 1.24. The van der Waals surface area contributed by atoms with E-state index in [0.29, 0.717) is 0 Å². The van der Waals surface area contributed by atoms with E-state index in [1.807, 2.05) is 7.05 Å². The van der Waals surface area contributed by atoms with Gasteiger partial charge in [0.1, 0.15) is 0 Å². The van der Waals surface area contributed by atoms with Crippen molar-refractivity contribution < 1.29 is 0 Å². The normalized spacial score (nSPS) is 47.0. The Hall–Kier alpha value is -0.0800. The molecular weight excluding hydrogens is 112 g/mol. The standard InChI is InChI=1S/C7H14N2/c1-8-4-7-5-2-3-6(5)9-7/h5-9H,2-4H2,1H3. The van der Waals surface area contributed by atoms with E-state index in [2.05, 4.69) is 10.6 Å². The van der Waals surface area contributed by atoms with Crippen molar-refractivity contribution in [2.24, 2.45) is 5.92 Å². The molecule has 3 unspecified atom stereocenters. The third kappa shape index (κ3) is 0.700. The molecule has 1 aliphatic heterocycles. The van der Waals surface area contributed by atoms with Gasteiger partial charge in [0.05, 0.1) is 0 Å². The minimum atomic E-state index is 0.800. The molecule has 2 N–H and O–H groups in total. The van der Waals surface area contributed by atoms with Gasteiger partial charge in [0.15, 0.2) is 0 Å². The van der Waals surface area contributed by atoms with Crippen LogP contribution in [0.25, 0.3) is 0 Å². The van der Waals surface area contributed by atoms with Crippen molar-refractivity contribution in [3.05, 3.63) is 0 Å². The highest BCUT2D eigenvalue weighted by molar-refractivity contribution is 5.05. The van der Waals surface area contributed by atoms with Crippen LogP contribution < -0.4 is 10.6 Å². The van der Waals surface area contributed by atoms with Crippen LogP contribution in [0.15, 0.2) is 0 Å². The van der Waals surface area contributed by atoms with Crippen LogP contribution in [0.2, 0.25) is 0 Å². The van der Waals surface area contributed by atoms with E-state index >= 15 is 0 Å². The average Bonchev–Trinajstić information content (AvgIpc) is 1.82. The Bertz CT molecular complexity index is 111. The van der Waals surface area contributed by atoms with Crippen molar-refractivity contribution >= 4 is 0 Å². The fourth-order valence-corrected chi connectivity index (χ4v) is 1.92. The number of hydrogen-bond donors (Lipinski definition) is 2. The fourth-order valence-electron chi connectivity index (χ4n) is 1.92. The second-order valence-corrected chi connectivity index (χ2v) is 3.18. The number of hydrogen-bond acceptors (Lipinski definition) is 2. The molecule has 1 heterocycles. The lowest BCUT2D eigenvalue weighted by atomic mass is 9.67. The molecule has 0 radical (unpaired) electrons. The number of nitrogens with one attached hydrogen (secondary N) is 2. The molecule has 3 atom stereocenters. The Labute approximate surface area is 56.0 Å². The smallest absolute Gasteiger partial charge is 0.0238 e. The van der Waals surface area contributed by atoms with Gasteiger partial charge in [-0.2, -0.15) is 0 Å². The lowest BCUT2D eigenvalue weighted by molar-refractivity contribution is 0.0430. The molecular formula is C7H14N2. The highest BCUT2D eigenvalue weighted by atomic mass is 15.1. The molecule has 0 bridgehead atoms. The molecule has 2 heteroatoms. The molecule has 0 spiro atoms. The van der Waals surface area contributed by atoms with Crippen LogP contribution in [0, 0.1) is 5.92 Å². The van der Waals surface area contributed by atoms with Gasteiger partial charge >= 0.3 is 0 Å². The molecule has 1 saturated heterocycles. The maximum atomic E-state index is 3.52. The first-order chi connectivity index (χ1) is 4.42. The van der Waals surface area contributed by atoms with Crippen molar-refractivity contribution in [3.8, 4) is 0 Å². The van der Waals surface area contributed by atoms with E-state index in [1.165, 1.54) is 12.8 Å². The summed E-state index contributed by atoms with van der Waals surface area (Å²) in [4.78, 5) is 0. The van der Waals surface area contributed by atoms with E-state index in [9.17, 15) is 0 Å². The number of fused-ring (bicyclic) bond motifs is 1. The lowest BCUT2D eigenvalue weighted by Gasteiger charge is -2.54. The molecule has 1 saturated carbocycles. The van der Waals surface area contributed by atoms with E-state index in [-0.39, 0.29) is 0 Å². The first-order valence-electron chi connectivity index (χ1n) is 3.82. The lowest BCUT2D eigenvalue weighted by Crippen LogP contribution is -2.69. The van der Waals surface area contributed by atoms with Crippen LogP contribution in [-0.4, -0.2) is 25.7 Å². The Morgan fingerprint density at radius 2 is 2.44 bits per heavy atom. The van der Waals surface area contributed by atoms with Crippen LogP contribution in [0.3, 0.4) is 0 Å². The first-order valence-corrected chi connectivity index (χ1v) is 3.82. The van der Waals surface area contributed by atoms with Gasteiger partial charge in [-0.3, -0.25) is 0 Å². The summed E-state index contributed by atoms with van der Waals surface area (Å²) in [5, 5.41) is 6.71. The second-order valence-electron chi connectivity index (χ2n) is 3.18. The largest absolute Gasteiger partial charge is 0.318 e. The zero-order chi connectivity index (χ0) is 6.27. The zero-order valence-electron chi connectivity index (χ0n) is 5.85. The summed E-state index contributed by atoms with van der Waals surface area (Å²) in [5.41, 5.74) is 0. The Morgan fingerprint density at radius 1 is 1.56 bits per heavy atom. The number of rotatable bonds is 2. The molecule has 52 valence electrons. The Morgan fingerprint density at radius 3 is 2.78 bits per heavy atom. The third-order valence-electron chi connectivity index (χ3n) is 2.70. The van der Waals surface area contributed by atoms with Crippen LogP contribution in [-0.2, 0) is 0 Å². The second kappa shape index (κ2) is 1.96. The fraction of sp³-hybridized carbons (Fsp3) is 1.00. The highest BCUT2D eigenvalue weighted by Gasteiger charge is 2.45. The molecule has 2 nitrogen and oxygen atoms in total. The summed E-state index contributed by atoms with van der Waals surface area (Å²) in [5.74, 6) is 1.03. The molecule has 2 aliphatic rings. The molecule has 0 aromatic rings. The molecule has 0 aromatic heterocycles. The summed E-state index contributed by atoms with van der Waals surface area (Å²) in [6, 6.07) is 1.71. The van der Waals surface area contributed by atoms with Gasteiger partial charge < -0.3 is 10.6 Å². The Balaban J connectivity index is 1.77. The van der Waals surface area contributed by atoms with Crippen LogP contribution in [0.1, 0.15) is 12.8 Å². The predicted molar refractivity (Wildman–Crippen MR) is 37.4 cm³/mol. The summed E-state index contributed by atoms with van der Waals surface area (Å²) in [6.45, 7) is 1.15. The van der Waals surface area contributed by atoms with Crippen LogP contribution in [0.4, 0.5) is 0 Å². The van der Waals surface area contributed by atoms with E-state index in [1.54, 1.807) is 0 Å². The van der Waals surface area contributed by atoms with Gasteiger partial charge in [-0.05, 0) is 25.8 Å². The summed E-state index contributed by atoms with van der Waals surface area (Å²) >= 11 is 0. The van der Waals surface area contributed by atoms with E-state index < -0.39 is 0 Å². The number of piperidine rings is 1. The highest BCUT2D eigenvalue weighted by Crippen LogP contribution is 2.38. The van der Waals surface area contributed by atoms with Crippen molar-refractivity contribution in [2.45, 2.75) is 24.9 Å². The maximum absolute atomic E-state index is 3.52. The van der Waals surface area contributed by atoms with Crippen LogP contribution >= 0.6 is 0 Å². The van der Waals surface area contributed by atoms with Crippen LogP contribution in [0.5, 0.6) is 0 Å². The van der Waals surface area contributed by atoms with Gasteiger partial charge in [0, 0.05) is 18.6 Å². The van der Waals surface area contributed by atoms with Gasteiger partial charge in [0.2, 0.25) is 0 Å². The average molecular weight is 126 g/mol. The summed E-state index contributed by atoms with van der Waals surface area (Å²) in [6.07, 6.45) is 2.88. The van der Waals surface area contributed by atoms with Gasteiger partial charge in [-0.15, -0.1) is 0 Å².